The molecule has 0 radical (unpaired) electrons. The molecular formula is C18H28N2O5. The number of amides is 1. The second kappa shape index (κ2) is 9.56. The number of hydrogen-bond donors (Lipinski definition) is 3. The van der Waals surface area contributed by atoms with Crippen molar-refractivity contribution < 1.29 is 24.6 Å². The summed E-state index contributed by atoms with van der Waals surface area (Å²) in [7, 11) is 0. The van der Waals surface area contributed by atoms with Gasteiger partial charge in [0.05, 0.1) is 0 Å². The molecule has 0 aromatic carbocycles. The fraction of sp³-hybridized carbons (Fsp3) is 0.722. The average molecular weight is 352 g/mol. The number of carbonyl (C=O) groups is 3. The molecule has 0 unspecified atom stereocenters. The Morgan fingerprint density at radius 2 is 1.48 bits per heavy atom. The molecule has 25 heavy (non-hydrogen) atoms. The monoisotopic (exact) mass is 352 g/mol. The first kappa shape index (κ1) is 19.4. The molecule has 1 aliphatic carbocycles. The van der Waals surface area contributed by atoms with Crippen LogP contribution in [0.5, 0.6) is 0 Å². The number of rotatable bonds is 4. The van der Waals surface area contributed by atoms with Crippen LogP contribution in [0.3, 0.4) is 0 Å². The number of piperidine rings is 2. The van der Waals surface area contributed by atoms with Crippen LogP contribution in [0.25, 0.3) is 0 Å². The molecule has 3 aliphatic rings. The van der Waals surface area contributed by atoms with Gasteiger partial charge in [-0.2, -0.15) is 0 Å². The zero-order chi connectivity index (χ0) is 18.2. The number of hydrogen-bond acceptors (Lipinski definition) is 4. The van der Waals surface area contributed by atoms with E-state index < -0.39 is 11.9 Å². The van der Waals surface area contributed by atoms with Crippen molar-refractivity contribution in [1.82, 2.24) is 10.2 Å². The first-order valence-corrected chi connectivity index (χ1v) is 9.06. The molecule has 1 amide bonds. The Morgan fingerprint density at radius 3 is 1.96 bits per heavy atom. The third kappa shape index (κ3) is 6.86. The van der Waals surface area contributed by atoms with E-state index in [4.69, 9.17) is 10.2 Å². The number of aliphatic carboxylic acids is 2. The van der Waals surface area contributed by atoms with Crippen molar-refractivity contribution in [3.05, 3.63) is 12.2 Å². The second-order valence-corrected chi connectivity index (χ2v) is 7.29. The summed E-state index contributed by atoms with van der Waals surface area (Å²) in [5.41, 5.74) is 0. The fourth-order valence-corrected chi connectivity index (χ4v) is 4.04. The predicted octanol–water partition coefficient (Wildman–Crippen LogP) is 1.35. The minimum atomic E-state index is -1.26. The van der Waals surface area contributed by atoms with Crippen LogP contribution < -0.4 is 5.32 Å². The Balaban J connectivity index is 0.000000242. The third-order valence-corrected chi connectivity index (χ3v) is 5.15. The average Bonchev–Trinajstić information content (AvgIpc) is 3.06. The summed E-state index contributed by atoms with van der Waals surface area (Å²) >= 11 is 0. The zero-order valence-electron chi connectivity index (χ0n) is 14.5. The highest BCUT2D eigenvalue weighted by Crippen LogP contribution is 2.30. The van der Waals surface area contributed by atoms with Crippen molar-refractivity contribution in [3.8, 4) is 0 Å². The van der Waals surface area contributed by atoms with Crippen molar-refractivity contribution in [2.75, 3.05) is 26.2 Å². The summed E-state index contributed by atoms with van der Waals surface area (Å²) in [4.78, 5) is 33.6. The molecule has 7 nitrogen and oxygen atoms in total. The van der Waals surface area contributed by atoms with Crippen molar-refractivity contribution in [2.24, 2.45) is 17.8 Å². The molecule has 0 aromatic rings. The van der Waals surface area contributed by atoms with E-state index in [0.29, 0.717) is 24.0 Å². The van der Waals surface area contributed by atoms with E-state index in [1.165, 1.54) is 32.1 Å². The van der Waals surface area contributed by atoms with Gasteiger partial charge in [0.2, 0.25) is 5.91 Å². The van der Waals surface area contributed by atoms with E-state index >= 15 is 0 Å². The highest BCUT2D eigenvalue weighted by Gasteiger charge is 2.33. The van der Waals surface area contributed by atoms with Crippen LogP contribution in [0.4, 0.5) is 0 Å². The van der Waals surface area contributed by atoms with Gasteiger partial charge in [-0.25, -0.2) is 9.59 Å². The summed E-state index contributed by atoms with van der Waals surface area (Å²) < 4.78 is 0. The number of fused-ring (bicyclic) bond motifs is 2. The van der Waals surface area contributed by atoms with E-state index in [2.05, 4.69) is 10.2 Å². The topological polar surface area (TPSA) is 107 Å². The molecule has 2 heterocycles. The van der Waals surface area contributed by atoms with Crippen molar-refractivity contribution in [2.45, 2.75) is 38.5 Å². The van der Waals surface area contributed by atoms with Crippen LogP contribution in [0.2, 0.25) is 0 Å². The van der Waals surface area contributed by atoms with Gasteiger partial charge in [-0.1, -0.05) is 12.8 Å². The first-order valence-electron chi connectivity index (χ1n) is 9.06. The first-order chi connectivity index (χ1) is 11.9. The summed E-state index contributed by atoms with van der Waals surface area (Å²) in [6.07, 6.45) is 8.53. The van der Waals surface area contributed by atoms with Gasteiger partial charge in [0, 0.05) is 31.7 Å². The van der Waals surface area contributed by atoms with Gasteiger partial charge in [0.25, 0.3) is 0 Å². The Bertz CT molecular complexity index is 486. The van der Waals surface area contributed by atoms with Gasteiger partial charge >= 0.3 is 11.9 Å². The molecule has 7 heteroatoms. The second-order valence-electron chi connectivity index (χ2n) is 7.29. The minimum Gasteiger partial charge on any atom is -0.478 e. The van der Waals surface area contributed by atoms with E-state index in [1.807, 2.05) is 0 Å². The molecule has 3 fully saturated rings. The maximum absolute atomic E-state index is 12.3. The lowest BCUT2D eigenvalue weighted by atomic mass is 9.85. The van der Waals surface area contributed by atoms with Gasteiger partial charge in [0.1, 0.15) is 0 Å². The summed E-state index contributed by atoms with van der Waals surface area (Å²) in [6.45, 7) is 4.25. The number of likely N-dealkylation sites (tertiary alicyclic amines) is 1. The Kier molecular flexibility index (Phi) is 7.43. The van der Waals surface area contributed by atoms with Crippen LogP contribution in [-0.2, 0) is 14.4 Å². The minimum absolute atomic E-state index is 0.438. The largest absolute Gasteiger partial charge is 0.478 e. The van der Waals surface area contributed by atoms with E-state index in [9.17, 15) is 14.4 Å². The van der Waals surface area contributed by atoms with Crippen LogP contribution >= 0.6 is 0 Å². The van der Waals surface area contributed by atoms with Gasteiger partial charge < -0.3 is 20.4 Å². The highest BCUT2D eigenvalue weighted by molar-refractivity contribution is 5.89. The number of carboxylic acid groups (broad SMARTS) is 2. The lowest BCUT2D eigenvalue weighted by Gasteiger charge is -2.42. The smallest absolute Gasteiger partial charge is 0.328 e. The summed E-state index contributed by atoms with van der Waals surface area (Å²) in [5, 5.41) is 19.1. The normalized spacial score (nSPS) is 26.2. The van der Waals surface area contributed by atoms with Gasteiger partial charge in [-0.15, -0.1) is 0 Å². The molecule has 3 rings (SSSR count). The highest BCUT2D eigenvalue weighted by atomic mass is 16.4. The molecular weight excluding hydrogens is 324 g/mol. The maximum atomic E-state index is 12.3. The lowest BCUT2D eigenvalue weighted by Crippen LogP contribution is -2.52. The summed E-state index contributed by atoms with van der Waals surface area (Å²) in [5.74, 6) is 0.0562. The van der Waals surface area contributed by atoms with Crippen LogP contribution in [0, 0.1) is 17.8 Å². The van der Waals surface area contributed by atoms with E-state index in [0.717, 1.165) is 44.4 Å². The lowest BCUT2D eigenvalue weighted by molar-refractivity contribution is -0.135. The van der Waals surface area contributed by atoms with Crippen LogP contribution in [0.1, 0.15) is 38.5 Å². The Labute approximate surface area is 148 Å². The van der Waals surface area contributed by atoms with Crippen molar-refractivity contribution in [3.63, 3.8) is 0 Å². The molecule has 2 aliphatic heterocycles. The standard InChI is InChI=1S/C14H24N2O.C4H4O4/c17-14(6-11-3-1-2-4-11)16-9-12-5-13(10-16)8-15-7-12;5-3(6)1-2-4(7)8/h11-13,15H,1-10H2;1-2H,(H,5,6)(H,7,8)/b;2-1+/t12-,13+;. The molecule has 2 saturated heterocycles. The van der Waals surface area contributed by atoms with Crippen molar-refractivity contribution >= 4 is 17.8 Å². The van der Waals surface area contributed by atoms with Gasteiger partial charge in [-0.3, -0.25) is 4.79 Å². The molecule has 140 valence electrons. The van der Waals surface area contributed by atoms with Gasteiger partial charge in [0.15, 0.2) is 0 Å². The zero-order valence-corrected chi connectivity index (χ0v) is 14.5. The number of nitrogens with one attached hydrogen (secondary N) is 1. The predicted molar refractivity (Wildman–Crippen MR) is 92.0 cm³/mol. The number of carbonyl (C=O) groups excluding carboxylic acids is 1. The molecule has 1 saturated carbocycles. The Morgan fingerprint density at radius 1 is 0.960 bits per heavy atom. The molecule has 2 atom stereocenters. The quantitative estimate of drug-likeness (QED) is 0.659. The Hall–Kier alpha value is -1.89. The number of nitrogens with zero attached hydrogens (tertiary/aromatic N) is 1. The van der Waals surface area contributed by atoms with Gasteiger partial charge in [-0.05, 0) is 50.1 Å². The van der Waals surface area contributed by atoms with Crippen LogP contribution in [0.15, 0.2) is 12.2 Å². The molecule has 3 N–H and O–H groups in total. The third-order valence-electron chi connectivity index (χ3n) is 5.15. The summed E-state index contributed by atoms with van der Waals surface area (Å²) in [6, 6.07) is 0. The number of carboxylic acids is 2. The van der Waals surface area contributed by atoms with Crippen LogP contribution in [-0.4, -0.2) is 59.1 Å². The van der Waals surface area contributed by atoms with Crippen molar-refractivity contribution in [1.29, 1.82) is 0 Å². The molecule has 0 spiro atoms. The molecule has 0 aromatic heterocycles. The fourth-order valence-electron chi connectivity index (χ4n) is 4.04. The van der Waals surface area contributed by atoms with E-state index in [-0.39, 0.29) is 0 Å². The van der Waals surface area contributed by atoms with E-state index in [1.54, 1.807) is 0 Å². The molecule has 2 bridgehead atoms. The SMILES string of the molecule is O=C(CC1CCCC1)N1C[C@@H]2CNC[C@@H](C2)C1.O=C(O)/C=C/C(=O)O. The maximum Gasteiger partial charge on any atom is 0.328 e.